The van der Waals surface area contributed by atoms with E-state index in [0.717, 1.165) is 37.6 Å². The summed E-state index contributed by atoms with van der Waals surface area (Å²) in [6.45, 7) is 0.581. The van der Waals surface area contributed by atoms with Crippen LogP contribution in [-0.2, 0) is 16.6 Å². The molecule has 4 nitrogen and oxygen atoms in total. The monoisotopic (exact) mass is 290 g/mol. The molecule has 1 aromatic carbocycles. The van der Waals surface area contributed by atoms with Crippen LogP contribution < -0.4 is 10.0 Å². The minimum atomic E-state index is -3.49. The van der Waals surface area contributed by atoms with Crippen molar-refractivity contribution in [1.82, 2.24) is 10.0 Å². The number of rotatable bonds is 5. The highest BCUT2D eigenvalue weighted by Gasteiger charge is 2.22. The molecule has 1 atom stereocenters. The molecule has 1 heterocycles. The molecule has 0 aliphatic carbocycles. The van der Waals surface area contributed by atoms with Crippen LogP contribution in [0.4, 0.5) is 8.78 Å². The fourth-order valence-corrected chi connectivity index (χ4v) is 3.40. The van der Waals surface area contributed by atoms with Crippen LogP contribution in [0.5, 0.6) is 0 Å². The zero-order valence-electron chi connectivity index (χ0n) is 10.3. The van der Waals surface area contributed by atoms with E-state index in [2.05, 4.69) is 10.0 Å². The van der Waals surface area contributed by atoms with E-state index in [9.17, 15) is 17.2 Å². The standard InChI is InChI=1S/C12H16F2N2O2S/c13-10-3-4-12(14)9(6-10)7-16-19(17,18)8-11-2-1-5-15-11/h3-4,6,11,15-16H,1-2,5,7-8H2. The third kappa shape index (κ3) is 4.22. The molecule has 0 aromatic heterocycles. The topological polar surface area (TPSA) is 58.2 Å². The maximum Gasteiger partial charge on any atom is 0.213 e. The predicted molar refractivity (Wildman–Crippen MR) is 68.0 cm³/mol. The summed E-state index contributed by atoms with van der Waals surface area (Å²) < 4.78 is 52.1. The molecular formula is C12H16F2N2O2S. The molecule has 1 aliphatic heterocycles. The number of sulfonamides is 1. The molecule has 0 bridgehead atoms. The van der Waals surface area contributed by atoms with E-state index in [0.29, 0.717) is 0 Å². The zero-order chi connectivity index (χ0) is 13.9. The summed E-state index contributed by atoms with van der Waals surface area (Å²) >= 11 is 0. The van der Waals surface area contributed by atoms with Crippen LogP contribution in [-0.4, -0.2) is 26.8 Å². The maximum absolute atomic E-state index is 13.3. The maximum atomic E-state index is 13.3. The second-order valence-corrected chi connectivity index (χ2v) is 6.48. The van der Waals surface area contributed by atoms with Gasteiger partial charge in [0, 0.05) is 18.2 Å². The van der Waals surface area contributed by atoms with Crippen LogP contribution >= 0.6 is 0 Å². The third-order valence-electron chi connectivity index (χ3n) is 3.07. The van der Waals surface area contributed by atoms with Crippen LogP contribution in [0.25, 0.3) is 0 Å². The Labute approximate surface area is 111 Å². The second kappa shape index (κ2) is 5.94. The van der Waals surface area contributed by atoms with Crippen molar-refractivity contribution in [3.05, 3.63) is 35.4 Å². The summed E-state index contributed by atoms with van der Waals surface area (Å²) in [4.78, 5) is 0. The molecule has 0 amide bonds. The van der Waals surface area contributed by atoms with Crippen molar-refractivity contribution in [3.63, 3.8) is 0 Å². The molecule has 1 aromatic rings. The lowest BCUT2D eigenvalue weighted by Crippen LogP contribution is -2.36. The van der Waals surface area contributed by atoms with E-state index < -0.39 is 21.7 Å². The highest BCUT2D eigenvalue weighted by atomic mass is 32.2. The summed E-state index contributed by atoms with van der Waals surface area (Å²) in [5.41, 5.74) is 0.00274. The van der Waals surface area contributed by atoms with Gasteiger partial charge < -0.3 is 5.32 Å². The van der Waals surface area contributed by atoms with E-state index in [4.69, 9.17) is 0 Å². The van der Waals surface area contributed by atoms with E-state index in [1.165, 1.54) is 0 Å². The van der Waals surface area contributed by atoms with Crippen LogP contribution in [0.2, 0.25) is 0 Å². The van der Waals surface area contributed by atoms with Gasteiger partial charge in [0.15, 0.2) is 0 Å². The average molecular weight is 290 g/mol. The molecule has 7 heteroatoms. The van der Waals surface area contributed by atoms with Crippen molar-refractivity contribution >= 4 is 10.0 Å². The molecule has 0 saturated carbocycles. The zero-order valence-corrected chi connectivity index (χ0v) is 11.1. The number of hydrogen-bond acceptors (Lipinski definition) is 3. The molecular weight excluding hydrogens is 274 g/mol. The van der Waals surface area contributed by atoms with Crippen molar-refractivity contribution in [1.29, 1.82) is 0 Å². The van der Waals surface area contributed by atoms with Gasteiger partial charge in [-0.15, -0.1) is 0 Å². The number of nitrogens with one attached hydrogen (secondary N) is 2. The Kier molecular flexibility index (Phi) is 4.49. The van der Waals surface area contributed by atoms with E-state index in [1.54, 1.807) is 0 Å². The van der Waals surface area contributed by atoms with Crippen molar-refractivity contribution in [2.75, 3.05) is 12.3 Å². The normalized spacial score (nSPS) is 19.8. The summed E-state index contributed by atoms with van der Waals surface area (Å²) in [7, 11) is -3.49. The van der Waals surface area contributed by atoms with Gasteiger partial charge in [0.05, 0.1) is 5.75 Å². The fraction of sp³-hybridized carbons (Fsp3) is 0.500. The van der Waals surface area contributed by atoms with Gasteiger partial charge in [-0.05, 0) is 37.6 Å². The van der Waals surface area contributed by atoms with Gasteiger partial charge >= 0.3 is 0 Å². The van der Waals surface area contributed by atoms with Crippen molar-refractivity contribution in [2.45, 2.75) is 25.4 Å². The van der Waals surface area contributed by atoms with Crippen LogP contribution in [0, 0.1) is 11.6 Å². The van der Waals surface area contributed by atoms with Gasteiger partial charge in [0.1, 0.15) is 11.6 Å². The molecule has 0 spiro atoms. The van der Waals surface area contributed by atoms with Gasteiger partial charge in [-0.25, -0.2) is 21.9 Å². The first-order valence-corrected chi connectivity index (χ1v) is 7.76. The SMILES string of the molecule is O=S(=O)(CC1CCCN1)NCc1cc(F)ccc1F. The van der Waals surface area contributed by atoms with E-state index in [-0.39, 0.29) is 23.9 Å². The Morgan fingerprint density at radius 2 is 2.16 bits per heavy atom. The molecule has 19 heavy (non-hydrogen) atoms. The number of halogens is 2. The van der Waals surface area contributed by atoms with Crippen LogP contribution in [0.3, 0.4) is 0 Å². The summed E-state index contributed by atoms with van der Waals surface area (Å²) in [6.07, 6.45) is 1.77. The Bertz CT molecular complexity index is 543. The van der Waals surface area contributed by atoms with Crippen molar-refractivity contribution in [2.24, 2.45) is 0 Å². The highest BCUT2D eigenvalue weighted by molar-refractivity contribution is 7.89. The van der Waals surface area contributed by atoms with Crippen LogP contribution in [0.15, 0.2) is 18.2 Å². The summed E-state index contributed by atoms with van der Waals surface area (Å²) in [5, 5.41) is 3.08. The predicted octanol–water partition coefficient (Wildman–Crippen LogP) is 1.14. The smallest absolute Gasteiger partial charge is 0.213 e. The largest absolute Gasteiger partial charge is 0.313 e. The molecule has 106 valence electrons. The van der Waals surface area contributed by atoms with Gasteiger partial charge in [-0.1, -0.05) is 0 Å². The summed E-state index contributed by atoms with van der Waals surface area (Å²) in [6, 6.07) is 2.91. The van der Waals surface area contributed by atoms with Gasteiger partial charge in [0.25, 0.3) is 0 Å². The lowest BCUT2D eigenvalue weighted by molar-refractivity contribution is 0.555. The molecule has 1 aliphatic rings. The molecule has 1 saturated heterocycles. The first-order valence-electron chi connectivity index (χ1n) is 6.11. The lowest BCUT2D eigenvalue weighted by Gasteiger charge is -2.12. The van der Waals surface area contributed by atoms with Crippen molar-refractivity contribution < 1.29 is 17.2 Å². The minimum Gasteiger partial charge on any atom is -0.313 e. The molecule has 2 N–H and O–H groups in total. The van der Waals surface area contributed by atoms with Gasteiger partial charge in [-0.2, -0.15) is 0 Å². The van der Waals surface area contributed by atoms with Crippen LogP contribution in [0.1, 0.15) is 18.4 Å². The Morgan fingerprint density at radius 3 is 2.84 bits per heavy atom. The molecule has 2 rings (SSSR count). The fourth-order valence-electron chi connectivity index (χ4n) is 2.09. The Hall–Kier alpha value is -1.05. The number of benzene rings is 1. The third-order valence-corrected chi connectivity index (χ3v) is 4.50. The molecule has 0 radical (unpaired) electrons. The quantitative estimate of drug-likeness (QED) is 0.855. The van der Waals surface area contributed by atoms with Crippen molar-refractivity contribution in [3.8, 4) is 0 Å². The van der Waals surface area contributed by atoms with E-state index >= 15 is 0 Å². The average Bonchev–Trinajstić information content (AvgIpc) is 2.82. The number of hydrogen-bond donors (Lipinski definition) is 2. The summed E-state index contributed by atoms with van der Waals surface area (Å²) in [5.74, 6) is -1.25. The minimum absolute atomic E-state index is 0.00274. The Morgan fingerprint density at radius 1 is 1.37 bits per heavy atom. The molecule has 1 unspecified atom stereocenters. The lowest BCUT2D eigenvalue weighted by atomic mass is 10.2. The first kappa shape index (κ1) is 14.4. The second-order valence-electron chi connectivity index (χ2n) is 4.63. The van der Waals surface area contributed by atoms with Gasteiger partial charge in [0.2, 0.25) is 10.0 Å². The van der Waals surface area contributed by atoms with Gasteiger partial charge in [-0.3, -0.25) is 0 Å². The Balaban J connectivity index is 1.95. The first-order chi connectivity index (χ1) is 8.96. The highest BCUT2D eigenvalue weighted by Crippen LogP contribution is 2.11. The molecule has 1 fully saturated rings. The van der Waals surface area contributed by atoms with E-state index in [1.807, 2.05) is 0 Å².